The number of halogens is 4. The van der Waals surface area contributed by atoms with E-state index in [0.29, 0.717) is 24.9 Å². The van der Waals surface area contributed by atoms with E-state index < -0.39 is 12.7 Å². The Morgan fingerprint density at radius 1 is 1.32 bits per heavy atom. The maximum Gasteiger partial charge on any atom is 0.401 e. The number of hydrogen-bond donors (Lipinski definition) is 2. The Morgan fingerprint density at radius 2 is 2.04 bits per heavy atom. The van der Waals surface area contributed by atoms with E-state index in [1.165, 1.54) is 9.78 Å². The van der Waals surface area contributed by atoms with E-state index >= 15 is 0 Å². The summed E-state index contributed by atoms with van der Waals surface area (Å²) < 4.78 is 37.3. The van der Waals surface area contributed by atoms with Crippen LogP contribution < -0.4 is 10.6 Å². The molecule has 1 aliphatic rings. The van der Waals surface area contributed by atoms with Crippen LogP contribution in [-0.4, -0.2) is 56.8 Å². The fraction of sp³-hybridized carbons (Fsp3) is 0.737. The summed E-state index contributed by atoms with van der Waals surface area (Å²) in [6.07, 6.45) is -0.403. The van der Waals surface area contributed by atoms with Crippen molar-refractivity contribution in [3.63, 3.8) is 0 Å². The van der Waals surface area contributed by atoms with Crippen molar-refractivity contribution >= 4 is 41.3 Å². The van der Waals surface area contributed by atoms with Gasteiger partial charge >= 0.3 is 6.18 Å². The van der Waals surface area contributed by atoms with E-state index in [1.54, 1.807) is 18.4 Å². The third kappa shape index (κ3) is 10.3. The van der Waals surface area contributed by atoms with Crippen LogP contribution in [0.3, 0.4) is 0 Å². The molecule has 1 aliphatic heterocycles. The molecule has 1 fully saturated rings. The second-order valence-corrected chi connectivity index (χ2v) is 8.42. The third-order valence-electron chi connectivity index (χ3n) is 4.93. The molecule has 0 aromatic carbocycles. The predicted molar refractivity (Wildman–Crippen MR) is 122 cm³/mol. The average Bonchev–Trinajstić information content (AvgIpc) is 3.11. The molecule has 1 aromatic rings. The molecule has 162 valence electrons. The Kier molecular flexibility index (Phi) is 11.7. The number of thiophene rings is 1. The van der Waals surface area contributed by atoms with Crippen molar-refractivity contribution in [1.82, 2.24) is 15.5 Å². The molecular formula is C19H32F3IN4S. The van der Waals surface area contributed by atoms with Crippen LogP contribution in [-0.2, 0) is 6.42 Å². The third-order valence-corrected chi connectivity index (χ3v) is 5.83. The maximum atomic E-state index is 12.4. The minimum atomic E-state index is -4.09. The number of nitrogens with one attached hydrogen (secondary N) is 2. The van der Waals surface area contributed by atoms with E-state index in [4.69, 9.17) is 0 Å². The quantitative estimate of drug-likeness (QED) is 0.297. The summed E-state index contributed by atoms with van der Waals surface area (Å²) in [4.78, 5) is 7.16. The molecule has 1 saturated heterocycles. The van der Waals surface area contributed by atoms with E-state index in [1.807, 2.05) is 0 Å². The van der Waals surface area contributed by atoms with Crippen molar-refractivity contribution in [2.24, 2.45) is 16.8 Å². The molecule has 1 unspecified atom stereocenters. The van der Waals surface area contributed by atoms with Gasteiger partial charge in [0.2, 0.25) is 0 Å². The molecule has 0 bridgehead atoms. The van der Waals surface area contributed by atoms with Crippen molar-refractivity contribution in [3.05, 3.63) is 22.4 Å². The average molecular weight is 532 g/mol. The first kappa shape index (κ1) is 25.5. The molecule has 9 heteroatoms. The van der Waals surface area contributed by atoms with Gasteiger partial charge in [-0.25, -0.2) is 0 Å². The molecule has 0 saturated carbocycles. The molecule has 2 heterocycles. The number of guanidine groups is 1. The predicted octanol–water partition coefficient (Wildman–Crippen LogP) is 4.37. The lowest BCUT2D eigenvalue weighted by molar-refractivity contribution is -0.148. The number of piperidine rings is 1. The van der Waals surface area contributed by atoms with Crippen LogP contribution in [0, 0.1) is 11.8 Å². The number of likely N-dealkylation sites (tertiary alicyclic amines) is 1. The summed E-state index contributed by atoms with van der Waals surface area (Å²) in [6.45, 7) is 4.16. The lowest BCUT2D eigenvalue weighted by atomic mass is 9.93. The van der Waals surface area contributed by atoms with Crippen molar-refractivity contribution in [3.8, 4) is 0 Å². The fourth-order valence-corrected chi connectivity index (χ4v) is 4.29. The zero-order chi connectivity index (χ0) is 19.7. The summed E-state index contributed by atoms with van der Waals surface area (Å²) in [7, 11) is 1.76. The van der Waals surface area contributed by atoms with E-state index in [9.17, 15) is 13.2 Å². The van der Waals surface area contributed by atoms with Gasteiger partial charge in [0, 0.05) is 25.0 Å². The highest BCUT2D eigenvalue weighted by molar-refractivity contribution is 14.0. The summed E-state index contributed by atoms with van der Waals surface area (Å²) >= 11 is 1.78. The second kappa shape index (κ2) is 12.9. The Labute approximate surface area is 187 Å². The highest BCUT2D eigenvalue weighted by atomic mass is 127. The lowest BCUT2D eigenvalue weighted by Gasteiger charge is -2.32. The highest BCUT2D eigenvalue weighted by Crippen LogP contribution is 2.24. The van der Waals surface area contributed by atoms with Crippen molar-refractivity contribution in [2.45, 2.75) is 38.8 Å². The SMILES string of the molecule is CN=C(NCCC1CCN(CC(F)(F)F)CC1)NCC(C)Cc1cccs1.I. The molecule has 2 rings (SSSR count). The Hall–Kier alpha value is -0.550. The Bertz CT molecular complexity index is 558. The van der Waals surface area contributed by atoms with Gasteiger partial charge in [-0.05, 0) is 62.1 Å². The van der Waals surface area contributed by atoms with E-state index in [2.05, 4.69) is 40.1 Å². The Morgan fingerprint density at radius 3 is 2.61 bits per heavy atom. The van der Waals surface area contributed by atoms with Gasteiger partial charge in [0.1, 0.15) is 0 Å². The second-order valence-electron chi connectivity index (χ2n) is 7.39. The number of hydrogen-bond acceptors (Lipinski definition) is 3. The molecular weight excluding hydrogens is 500 g/mol. The standard InChI is InChI=1S/C19H31F3N4S.HI/c1-15(12-17-4-3-11-27-17)13-25-18(23-2)24-8-5-16-6-9-26(10-7-16)14-19(20,21)22;/h3-4,11,15-16H,5-10,12-14H2,1-2H3,(H2,23,24,25);1H. The zero-order valence-electron chi connectivity index (χ0n) is 16.6. The normalized spacial score (nSPS) is 17.8. The monoisotopic (exact) mass is 532 g/mol. The van der Waals surface area contributed by atoms with Gasteiger partial charge in [0.25, 0.3) is 0 Å². The van der Waals surface area contributed by atoms with Crippen LogP contribution in [0.25, 0.3) is 0 Å². The van der Waals surface area contributed by atoms with E-state index in [-0.39, 0.29) is 24.0 Å². The van der Waals surface area contributed by atoms with Crippen LogP contribution in [0.2, 0.25) is 0 Å². The largest absolute Gasteiger partial charge is 0.401 e. The summed E-state index contributed by atoms with van der Waals surface area (Å²) in [5, 5.41) is 8.79. The molecule has 0 aliphatic carbocycles. The molecule has 0 radical (unpaired) electrons. The van der Waals surface area contributed by atoms with Gasteiger partial charge in [-0.1, -0.05) is 13.0 Å². The molecule has 0 amide bonds. The van der Waals surface area contributed by atoms with Crippen LogP contribution in [0.4, 0.5) is 13.2 Å². The topological polar surface area (TPSA) is 39.7 Å². The van der Waals surface area contributed by atoms with Gasteiger partial charge in [-0.15, -0.1) is 35.3 Å². The summed E-state index contributed by atoms with van der Waals surface area (Å²) in [5.41, 5.74) is 0. The van der Waals surface area contributed by atoms with Crippen LogP contribution in [0.15, 0.2) is 22.5 Å². The van der Waals surface area contributed by atoms with Gasteiger partial charge in [-0.3, -0.25) is 9.89 Å². The Balaban J connectivity index is 0.00000392. The first-order valence-corrected chi connectivity index (χ1v) is 10.5. The van der Waals surface area contributed by atoms with Crippen LogP contribution in [0.1, 0.15) is 31.1 Å². The number of rotatable bonds is 8. The van der Waals surface area contributed by atoms with E-state index in [0.717, 1.165) is 44.7 Å². The minimum absolute atomic E-state index is 0. The summed E-state index contributed by atoms with van der Waals surface area (Å²) in [6, 6.07) is 4.24. The fourth-order valence-electron chi connectivity index (χ4n) is 3.42. The van der Waals surface area contributed by atoms with Crippen molar-refractivity contribution < 1.29 is 13.2 Å². The maximum absolute atomic E-state index is 12.4. The highest BCUT2D eigenvalue weighted by Gasteiger charge is 2.32. The molecule has 4 nitrogen and oxygen atoms in total. The van der Waals surface area contributed by atoms with Crippen molar-refractivity contribution in [2.75, 3.05) is 39.8 Å². The van der Waals surface area contributed by atoms with Crippen molar-refractivity contribution in [1.29, 1.82) is 0 Å². The molecule has 1 atom stereocenters. The zero-order valence-corrected chi connectivity index (χ0v) is 19.7. The van der Waals surface area contributed by atoms with Gasteiger partial charge < -0.3 is 10.6 Å². The smallest absolute Gasteiger partial charge is 0.356 e. The first-order chi connectivity index (χ1) is 12.9. The molecule has 2 N–H and O–H groups in total. The number of alkyl halides is 3. The molecule has 0 spiro atoms. The van der Waals surface area contributed by atoms with Gasteiger partial charge in [0.15, 0.2) is 5.96 Å². The van der Waals surface area contributed by atoms with Crippen LogP contribution >= 0.6 is 35.3 Å². The lowest BCUT2D eigenvalue weighted by Crippen LogP contribution is -2.42. The van der Waals surface area contributed by atoms with Crippen LogP contribution in [0.5, 0.6) is 0 Å². The molecule has 28 heavy (non-hydrogen) atoms. The number of nitrogens with zero attached hydrogens (tertiary/aromatic N) is 2. The summed E-state index contributed by atoms with van der Waals surface area (Å²) in [5.74, 6) is 1.79. The number of aliphatic imine (C=N–C) groups is 1. The minimum Gasteiger partial charge on any atom is -0.356 e. The van der Waals surface area contributed by atoms with Gasteiger partial charge in [-0.2, -0.15) is 13.2 Å². The molecule has 1 aromatic heterocycles. The van der Waals surface area contributed by atoms with Gasteiger partial charge in [0.05, 0.1) is 6.54 Å². The first-order valence-electron chi connectivity index (χ1n) is 9.61.